The fourth-order valence-corrected chi connectivity index (χ4v) is 1.56. The minimum atomic E-state index is -0.661. The second-order valence-electron chi connectivity index (χ2n) is 4.31. The van der Waals surface area contributed by atoms with Gasteiger partial charge in [0.15, 0.2) is 6.10 Å². The first kappa shape index (κ1) is 13.6. The zero-order valence-electron chi connectivity index (χ0n) is 11.2. The molecular formula is C14H14N4O2. The smallest absolute Gasteiger partial charge is 0.266 e. The fraction of sp³-hybridized carbons (Fsp3) is 0.214. The Morgan fingerprint density at radius 1 is 1.45 bits per heavy atom. The third-order valence-corrected chi connectivity index (χ3v) is 2.74. The molecule has 2 aromatic rings. The summed E-state index contributed by atoms with van der Waals surface area (Å²) in [6.45, 7) is 3.49. The van der Waals surface area contributed by atoms with Gasteiger partial charge in [-0.05, 0) is 38.1 Å². The molecule has 0 saturated heterocycles. The number of hydrogen-bond acceptors (Lipinski definition) is 4. The van der Waals surface area contributed by atoms with E-state index >= 15 is 0 Å². The molecule has 0 aliphatic carbocycles. The Morgan fingerprint density at radius 2 is 2.15 bits per heavy atom. The molecular weight excluding hydrogens is 256 g/mol. The van der Waals surface area contributed by atoms with Crippen LogP contribution >= 0.6 is 0 Å². The minimum Gasteiger partial charge on any atom is -0.481 e. The number of aromatic nitrogens is 2. The summed E-state index contributed by atoms with van der Waals surface area (Å²) >= 11 is 0. The number of nitrogens with zero attached hydrogens (tertiary/aromatic N) is 2. The molecule has 0 spiro atoms. The van der Waals surface area contributed by atoms with Gasteiger partial charge < -0.3 is 10.1 Å². The van der Waals surface area contributed by atoms with Crippen molar-refractivity contribution < 1.29 is 9.53 Å². The molecule has 6 nitrogen and oxygen atoms in total. The van der Waals surface area contributed by atoms with Crippen molar-refractivity contribution in [1.29, 1.82) is 5.26 Å². The van der Waals surface area contributed by atoms with Crippen molar-refractivity contribution in [3.63, 3.8) is 0 Å². The third-order valence-electron chi connectivity index (χ3n) is 2.74. The highest BCUT2D eigenvalue weighted by Crippen LogP contribution is 2.15. The molecule has 20 heavy (non-hydrogen) atoms. The van der Waals surface area contributed by atoms with Gasteiger partial charge >= 0.3 is 0 Å². The lowest BCUT2D eigenvalue weighted by molar-refractivity contribution is -0.122. The Morgan fingerprint density at radius 3 is 2.70 bits per heavy atom. The lowest BCUT2D eigenvalue weighted by Crippen LogP contribution is -2.30. The highest BCUT2D eigenvalue weighted by Gasteiger charge is 2.16. The number of nitriles is 1. The van der Waals surface area contributed by atoms with Gasteiger partial charge in [0, 0.05) is 5.56 Å². The number of aromatic amines is 1. The quantitative estimate of drug-likeness (QED) is 0.888. The van der Waals surface area contributed by atoms with Crippen LogP contribution in [0.3, 0.4) is 0 Å². The lowest BCUT2D eigenvalue weighted by Gasteiger charge is -2.14. The van der Waals surface area contributed by atoms with Crippen LogP contribution in [0, 0.1) is 18.3 Å². The highest BCUT2D eigenvalue weighted by atomic mass is 16.5. The average molecular weight is 270 g/mol. The molecule has 6 heteroatoms. The van der Waals surface area contributed by atoms with Gasteiger partial charge in [-0.3, -0.25) is 9.89 Å². The van der Waals surface area contributed by atoms with Crippen LogP contribution in [0.2, 0.25) is 0 Å². The lowest BCUT2D eigenvalue weighted by atomic mass is 10.2. The van der Waals surface area contributed by atoms with E-state index in [1.165, 1.54) is 0 Å². The van der Waals surface area contributed by atoms with Crippen molar-refractivity contribution in [2.45, 2.75) is 20.0 Å². The first-order valence-electron chi connectivity index (χ1n) is 6.08. The summed E-state index contributed by atoms with van der Waals surface area (Å²) in [7, 11) is 0. The van der Waals surface area contributed by atoms with E-state index in [0.717, 1.165) is 5.56 Å². The van der Waals surface area contributed by atoms with Crippen LogP contribution in [0.4, 0.5) is 5.82 Å². The Hall–Kier alpha value is -2.81. The molecule has 1 aromatic heterocycles. The van der Waals surface area contributed by atoms with Crippen LogP contribution in [-0.2, 0) is 4.79 Å². The van der Waals surface area contributed by atoms with Crippen LogP contribution in [0.15, 0.2) is 30.5 Å². The number of amides is 1. The second-order valence-corrected chi connectivity index (χ2v) is 4.31. The van der Waals surface area contributed by atoms with Gasteiger partial charge in [-0.2, -0.15) is 10.4 Å². The molecule has 0 aliphatic heterocycles. The summed E-state index contributed by atoms with van der Waals surface area (Å²) in [5, 5.41) is 17.9. The Bertz CT molecular complexity index is 640. The minimum absolute atomic E-state index is 0.276. The SMILES string of the molecule is Cc1cn[nH]c1NC(=O)C(C)Oc1ccc(C#N)cc1. The normalized spacial score (nSPS) is 11.4. The molecule has 1 aromatic carbocycles. The van der Waals surface area contributed by atoms with Crippen LogP contribution in [0.1, 0.15) is 18.1 Å². The predicted octanol–water partition coefficient (Wildman–Crippen LogP) is 2.00. The van der Waals surface area contributed by atoms with Gasteiger partial charge in [-0.25, -0.2) is 0 Å². The number of ether oxygens (including phenoxy) is 1. The Kier molecular flexibility index (Phi) is 4.01. The molecule has 1 amide bonds. The van der Waals surface area contributed by atoms with Crippen molar-refractivity contribution in [2.24, 2.45) is 0 Å². The average Bonchev–Trinajstić information content (AvgIpc) is 2.85. The number of H-pyrrole nitrogens is 1. The number of aryl methyl sites for hydroxylation is 1. The van der Waals surface area contributed by atoms with Gasteiger partial charge in [0.1, 0.15) is 11.6 Å². The van der Waals surface area contributed by atoms with Gasteiger partial charge in [0.05, 0.1) is 17.8 Å². The summed E-state index contributed by atoms with van der Waals surface area (Å²) in [4.78, 5) is 12.0. The maximum atomic E-state index is 12.0. The van der Waals surface area contributed by atoms with E-state index in [9.17, 15) is 4.79 Å². The van der Waals surface area contributed by atoms with Gasteiger partial charge in [-0.1, -0.05) is 0 Å². The van der Waals surface area contributed by atoms with Gasteiger partial charge in [0.25, 0.3) is 5.91 Å². The van der Waals surface area contributed by atoms with Crippen LogP contribution < -0.4 is 10.1 Å². The maximum Gasteiger partial charge on any atom is 0.266 e. The van der Waals surface area contributed by atoms with Crippen LogP contribution in [-0.4, -0.2) is 22.2 Å². The summed E-state index contributed by atoms with van der Waals surface area (Å²) in [5.74, 6) is 0.819. The molecule has 0 bridgehead atoms. The molecule has 2 rings (SSSR count). The number of rotatable bonds is 4. The van der Waals surface area contributed by atoms with E-state index in [2.05, 4.69) is 15.5 Å². The molecule has 2 N–H and O–H groups in total. The molecule has 1 heterocycles. The van der Waals surface area contributed by atoms with Crippen molar-refractivity contribution in [3.05, 3.63) is 41.6 Å². The molecule has 0 radical (unpaired) electrons. The van der Waals surface area contributed by atoms with Crippen LogP contribution in [0.25, 0.3) is 0 Å². The largest absolute Gasteiger partial charge is 0.481 e. The molecule has 1 unspecified atom stereocenters. The Labute approximate surface area is 116 Å². The maximum absolute atomic E-state index is 12.0. The Balaban J connectivity index is 1.97. The van der Waals surface area contributed by atoms with Crippen molar-refractivity contribution >= 4 is 11.7 Å². The number of carbonyl (C=O) groups is 1. The molecule has 0 saturated carbocycles. The number of carbonyl (C=O) groups excluding carboxylic acids is 1. The van der Waals surface area contributed by atoms with Gasteiger partial charge in [0.2, 0.25) is 0 Å². The van der Waals surface area contributed by atoms with Crippen LogP contribution in [0.5, 0.6) is 5.75 Å². The van der Waals surface area contributed by atoms with E-state index in [4.69, 9.17) is 10.00 Å². The third kappa shape index (κ3) is 3.14. The van der Waals surface area contributed by atoms with E-state index in [-0.39, 0.29) is 5.91 Å². The number of nitrogens with one attached hydrogen (secondary N) is 2. The molecule has 1 atom stereocenters. The van der Waals surface area contributed by atoms with E-state index in [1.54, 1.807) is 37.4 Å². The fourth-order valence-electron chi connectivity index (χ4n) is 1.56. The zero-order chi connectivity index (χ0) is 14.5. The summed E-state index contributed by atoms with van der Waals surface area (Å²) in [5.41, 5.74) is 1.39. The topological polar surface area (TPSA) is 90.8 Å². The summed E-state index contributed by atoms with van der Waals surface area (Å²) in [6.07, 6.45) is 0.965. The first-order chi connectivity index (χ1) is 9.60. The summed E-state index contributed by atoms with van der Waals surface area (Å²) < 4.78 is 5.51. The van der Waals surface area contributed by atoms with Crippen molar-refractivity contribution in [1.82, 2.24) is 10.2 Å². The zero-order valence-corrected chi connectivity index (χ0v) is 11.2. The highest BCUT2D eigenvalue weighted by molar-refractivity contribution is 5.93. The van der Waals surface area contributed by atoms with E-state index < -0.39 is 6.10 Å². The number of anilines is 1. The monoisotopic (exact) mass is 270 g/mol. The predicted molar refractivity (Wildman–Crippen MR) is 73.2 cm³/mol. The number of hydrogen-bond donors (Lipinski definition) is 2. The standard InChI is InChI=1S/C14H14N4O2/c1-9-8-16-18-13(9)17-14(19)10(2)20-12-5-3-11(7-15)4-6-12/h3-6,8,10H,1-2H3,(H2,16,17,18,19). The first-order valence-corrected chi connectivity index (χ1v) is 6.08. The molecule has 0 fully saturated rings. The van der Waals surface area contributed by atoms with Crippen molar-refractivity contribution in [3.8, 4) is 11.8 Å². The second kappa shape index (κ2) is 5.89. The van der Waals surface area contributed by atoms with E-state index in [1.807, 2.05) is 13.0 Å². The van der Waals surface area contributed by atoms with Gasteiger partial charge in [-0.15, -0.1) is 0 Å². The summed E-state index contributed by atoms with van der Waals surface area (Å²) in [6, 6.07) is 8.61. The van der Waals surface area contributed by atoms with E-state index in [0.29, 0.717) is 17.1 Å². The van der Waals surface area contributed by atoms with Crippen molar-refractivity contribution in [2.75, 3.05) is 5.32 Å². The molecule has 0 aliphatic rings. The number of benzene rings is 1. The molecule has 102 valence electrons.